The van der Waals surface area contributed by atoms with Crippen molar-refractivity contribution in [1.29, 1.82) is 0 Å². The van der Waals surface area contributed by atoms with Crippen LogP contribution in [0.5, 0.6) is 5.75 Å². The van der Waals surface area contributed by atoms with E-state index in [0.717, 1.165) is 16.9 Å². The molecule has 0 spiro atoms. The molecule has 1 unspecified atom stereocenters. The van der Waals surface area contributed by atoms with Crippen LogP contribution in [0.25, 0.3) is 11.1 Å². The third kappa shape index (κ3) is 3.82. The summed E-state index contributed by atoms with van der Waals surface area (Å²) in [4.78, 5) is 9.41. The summed E-state index contributed by atoms with van der Waals surface area (Å²) in [6.45, 7) is 15.6. The molecule has 0 radical (unpaired) electrons. The zero-order valence-corrected chi connectivity index (χ0v) is 16.8. The van der Waals surface area contributed by atoms with Gasteiger partial charge in [0.15, 0.2) is 0 Å². The van der Waals surface area contributed by atoms with Crippen molar-refractivity contribution in [3.63, 3.8) is 0 Å². The molecule has 3 heteroatoms. The molecule has 0 amide bonds. The first-order valence-corrected chi connectivity index (χ1v) is 9.23. The second-order valence-corrected chi connectivity index (χ2v) is 8.74. The van der Waals surface area contributed by atoms with Gasteiger partial charge in [-0.05, 0) is 46.1 Å². The summed E-state index contributed by atoms with van der Waals surface area (Å²) in [6, 6.07) is 12.4. The number of rotatable bonds is 3. The smallest absolute Gasteiger partial charge is 0.212 e. The Hall–Kier alpha value is -1.37. The van der Waals surface area contributed by atoms with Crippen LogP contribution in [0, 0.1) is 6.92 Å². The van der Waals surface area contributed by atoms with E-state index in [1.165, 1.54) is 16.7 Å². The maximum atomic E-state index is 9.41. The molecule has 0 fully saturated rings. The molecule has 0 saturated heterocycles. The summed E-state index contributed by atoms with van der Waals surface area (Å²) in [5, 5.41) is 0. The van der Waals surface area contributed by atoms with Crippen LogP contribution < -0.4 is 4.52 Å². The topological polar surface area (TPSA) is 29.5 Å². The van der Waals surface area contributed by atoms with E-state index in [1.54, 1.807) is 0 Å². The zero-order chi connectivity index (χ0) is 18.1. The molecule has 1 N–H and O–H groups in total. The maximum Gasteiger partial charge on any atom is 0.212 e. The molecule has 2 aromatic carbocycles. The Balaban J connectivity index is 2.90. The van der Waals surface area contributed by atoms with Crippen molar-refractivity contribution in [2.45, 2.75) is 59.3 Å². The summed E-state index contributed by atoms with van der Waals surface area (Å²) in [5.74, 6) is 0.762. The molecule has 0 aliphatic carbocycles. The minimum Gasteiger partial charge on any atom is -0.449 e. The minimum absolute atomic E-state index is 0.000726. The Morgan fingerprint density at radius 1 is 0.917 bits per heavy atom. The average Bonchev–Trinajstić information content (AvgIpc) is 2.45. The third-order valence-corrected chi connectivity index (χ3v) is 4.63. The van der Waals surface area contributed by atoms with Gasteiger partial charge in [-0.25, -0.2) is 0 Å². The molecule has 2 rings (SSSR count). The van der Waals surface area contributed by atoms with Crippen molar-refractivity contribution in [1.82, 2.24) is 0 Å². The van der Waals surface area contributed by atoms with Crippen molar-refractivity contribution in [2.75, 3.05) is 0 Å². The van der Waals surface area contributed by atoms with E-state index >= 15 is 0 Å². The van der Waals surface area contributed by atoms with Gasteiger partial charge in [-0.3, -0.25) is 0 Å². The second kappa shape index (κ2) is 6.86. The molecular formula is C21H29O2P. The van der Waals surface area contributed by atoms with Gasteiger partial charge in [0.1, 0.15) is 5.75 Å². The van der Waals surface area contributed by atoms with Crippen molar-refractivity contribution in [3.8, 4) is 16.9 Å². The van der Waals surface area contributed by atoms with E-state index in [1.807, 2.05) is 18.2 Å². The predicted octanol–water partition coefficient (Wildman–Crippen LogP) is 6.14. The Labute approximate surface area is 148 Å². The second-order valence-electron chi connectivity index (χ2n) is 8.36. The standard InChI is InChI=1S/C21H29O2P/c1-14-18(15-11-9-8-10-12-15)17(23-24-22)13-16(20(2,3)4)19(14)21(5,6)7/h8-13,22,24H,1-7H3. The average molecular weight is 344 g/mol. The normalized spacial score (nSPS) is 12.8. The highest BCUT2D eigenvalue weighted by Crippen LogP contribution is 2.45. The predicted molar refractivity (Wildman–Crippen MR) is 105 cm³/mol. The summed E-state index contributed by atoms with van der Waals surface area (Å²) < 4.78 is 5.66. The van der Waals surface area contributed by atoms with Crippen LogP contribution >= 0.6 is 9.03 Å². The van der Waals surface area contributed by atoms with Crippen LogP contribution in [0.1, 0.15) is 58.2 Å². The number of hydrogen-bond acceptors (Lipinski definition) is 2. The largest absolute Gasteiger partial charge is 0.449 e. The van der Waals surface area contributed by atoms with Gasteiger partial charge in [-0.1, -0.05) is 71.9 Å². The Kier molecular flexibility index (Phi) is 5.42. The van der Waals surface area contributed by atoms with Gasteiger partial charge < -0.3 is 9.42 Å². The van der Waals surface area contributed by atoms with Crippen molar-refractivity contribution < 1.29 is 9.42 Å². The Morgan fingerprint density at radius 3 is 1.96 bits per heavy atom. The highest BCUT2D eigenvalue weighted by atomic mass is 31.1. The highest BCUT2D eigenvalue weighted by Gasteiger charge is 2.30. The third-order valence-electron chi connectivity index (χ3n) is 4.32. The monoisotopic (exact) mass is 344 g/mol. The quantitative estimate of drug-likeness (QED) is 0.678. The van der Waals surface area contributed by atoms with Gasteiger partial charge in [0, 0.05) is 5.56 Å². The first kappa shape index (κ1) is 19.0. The fourth-order valence-corrected chi connectivity index (χ4v) is 3.70. The van der Waals surface area contributed by atoms with Gasteiger partial charge in [0.2, 0.25) is 9.03 Å². The van der Waals surface area contributed by atoms with Crippen LogP contribution in [0.15, 0.2) is 36.4 Å². The molecule has 0 saturated carbocycles. The first-order chi connectivity index (χ1) is 11.1. The first-order valence-electron chi connectivity index (χ1n) is 8.37. The lowest BCUT2D eigenvalue weighted by atomic mass is 9.71. The summed E-state index contributed by atoms with van der Waals surface area (Å²) in [6.07, 6.45) is 0. The maximum absolute atomic E-state index is 9.41. The number of hydrogen-bond donors (Lipinski definition) is 1. The van der Waals surface area contributed by atoms with Crippen LogP contribution in [-0.4, -0.2) is 4.89 Å². The van der Waals surface area contributed by atoms with Crippen LogP contribution in [0.3, 0.4) is 0 Å². The lowest BCUT2D eigenvalue weighted by molar-refractivity contribution is 0.502. The van der Waals surface area contributed by atoms with E-state index in [9.17, 15) is 4.89 Å². The van der Waals surface area contributed by atoms with E-state index in [2.05, 4.69) is 66.7 Å². The fraction of sp³-hybridized carbons (Fsp3) is 0.429. The number of benzene rings is 2. The highest BCUT2D eigenvalue weighted by molar-refractivity contribution is 7.25. The van der Waals surface area contributed by atoms with Gasteiger partial charge in [-0.15, -0.1) is 0 Å². The van der Waals surface area contributed by atoms with E-state index in [-0.39, 0.29) is 10.8 Å². The lowest BCUT2D eigenvalue weighted by Crippen LogP contribution is -2.24. The summed E-state index contributed by atoms with van der Waals surface area (Å²) in [5.41, 5.74) is 6.09. The molecule has 24 heavy (non-hydrogen) atoms. The van der Waals surface area contributed by atoms with Crippen molar-refractivity contribution in [2.24, 2.45) is 0 Å². The van der Waals surface area contributed by atoms with Gasteiger partial charge in [-0.2, -0.15) is 0 Å². The van der Waals surface area contributed by atoms with Crippen LogP contribution in [0.4, 0.5) is 0 Å². The molecule has 1 atom stereocenters. The van der Waals surface area contributed by atoms with Gasteiger partial charge in [0.05, 0.1) is 0 Å². The fourth-order valence-electron chi connectivity index (χ4n) is 3.44. The van der Waals surface area contributed by atoms with Gasteiger partial charge >= 0.3 is 0 Å². The molecule has 0 heterocycles. The molecule has 2 nitrogen and oxygen atoms in total. The van der Waals surface area contributed by atoms with E-state index in [0.29, 0.717) is 0 Å². The lowest BCUT2D eigenvalue weighted by Gasteiger charge is -2.34. The molecule has 130 valence electrons. The minimum atomic E-state index is -0.564. The molecule has 0 aromatic heterocycles. The van der Waals surface area contributed by atoms with Crippen LogP contribution in [0.2, 0.25) is 0 Å². The van der Waals surface area contributed by atoms with E-state index in [4.69, 9.17) is 4.52 Å². The molecule has 0 bridgehead atoms. The summed E-state index contributed by atoms with van der Waals surface area (Å²) in [7, 11) is -0.564. The Bertz CT molecular complexity index is 707. The van der Waals surface area contributed by atoms with Gasteiger partial charge in [0.25, 0.3) is 0 Å². The SMILES string of the molecule is Cc1c(-c2ccccc2)c(OPO)cc(C(C)(C)C)c1C(C)(C)C. The van der Waals surface area contributed by atoms with Crippen LogP contribution in [-0.2, 0) is 10.8 Å². The molecule has 0 aliphatic heterocycles. The molecular weight excluding hydrogens is 315 g/mol. The molecule has 0 aliphatic rings. The Morgan fingerprint density at radius 2 is 1.50 bits per heavy atom. The molecule has 2 aromatic rings. The van der Waals surface area contributed by atoms with Crippen molar-refractivity contribution >= 4 is 9.03 Å². The summed E-state index contributed by atoms with van der Waals surface area (Å²) >= 11 is 0. The van der Waals surface area contributed by atoms with Crippen molar-refractivity contribution in [3.05, 3.63) is 53.1 Å². The zero-order valence-electron chi connectivity index (χ0n) is 15.8. The van der Waals surface area contributed by atoms with E-state index < -0.39 is 9.03 Å².